The third-order valence-corrected chi connectivity index (χ3v) is 6.47. The first-order valence-corrected chi connectivity index (χ1v) is 9.88. The van der Waals surface area contributed by atoms with Gasteiger partial charge in [-0.2, -0.15) is 0 Å². The average molecular weight is 342 g/mol. The van der Waals surface area contributed by atoms with Gasteiger partial charge in [-0.15, -0.1) is 0 Å². The van der Waals surface area contributed by atoms with Gasteiger partial charge >= 0.3 is 0 Å². The minimum atomic E-state index is -3.14. The highest BCUT2D eigenvalue weighted by molar-refractivity contribution is 7.89. The van der Waals surface area contributed by atoms with E-state index in [4.69, 9.17) is 0 Å². The zero-order valence-electron chi connectivity index (χ0n) is 14.1. The Hall–Kier alpha value is -0.980. The number of sulfonamides is 1. The van der Waals surface area contributed by atoms with Crippen LogP contribution in [0.5, 0.6) is 0 Å². The van der Waals surface area contributed by atoms with E-state index < -0.39 is 10.0 Å². The van der Waals surface area contributed by atoms with Crippen LogP contribution in [0, 0.1) is 11.7 Å². The Morgan fingerprint density at radius 3 is 2.48 bits per heavy atom. The molecule has 1 N–H and O–H groups in total. The van der Waals surface area contributed by atoms with Crippen LogP contribution in [0.15, 0.2) is 24.3 Å². The summed E-state index contributed by atoms with van der Waals surface area (Å²) in [4.78, 5) is 0. The quantitative estimate of drug-likeness (QED) is 0.865. The number of benzene rings is 1. The van der Waals surface area contributed by atoms with Crippen molar-refractivity contribution in [3.05, 3.63) is 35.6 Å². The molecule has 1 heterocycles. The fourth-order valence-electron chi connectivity index (χ4n) is 3.05. The highest BCUT2D eigenvalue weighted by atomic mass is 32.2. The SMILES string of the molecule is CC(C)CS(=O)(=O)N1CCC(N[C@H](C)c2cccc(F)c2)CC1. The molecule has 23 heavy (non-hydrogen) atoms. The van der Waals surface area contributed by atoms with Gasteiger partial charge in [-0.25, -0.2) is 17.1 Å². The van der Waals surface area contributed by atoms with Crippen molar-refractivity contribution in [2.75, 3.05) is 18.8 Å². The molecule has 1 fully saturated rings. The molecule has 1 aromatic rings. The predicted octanol–water partition coefficient (Wildman–Crippen LogP) is 2.93. The van der Waals surface area contributed by atoms with Crippen molar-refractivity contribution in [2.24, 2.45) is 5.92 Å². The van der Waals surface area contributed by atoms with Gasteiger partial charge in [0.05, 0.1) is 5.75 Å². The van der Waals surface area contributed by atoms with E-state index in [-0.39, 0.29) is 29.6 Å². The van der Waals surface area contributed by atoms with Crippen molar-refractivity contribution in [1.82, 2.24) is 9.62 Å². The number of piperidine rings is 1. The molecule has 0 unspecified atom stereocenters. The molecule has 0 amide bonds. The molecule has 1 aromatic carbocycles. The van der Waals surface area contributed by atoms with E-state index in [2.05, 4.69) is 5.32 Å². The Labute approximate surface area is 139 Å². The van der Waals surface area contributed by atoms with Crippen LogP contribution in [0.1, 0.15) is 45.2 Å². The third kappa shape index (κ3) is 5.26. The Morgan fingerprint density at radius 2 is 1.91 bits per heavy atom. The lowest BCUT2D eigenvalue weighted by Gasteiger charge is -2.33. The molecule has 130 valence electrons. The van der Waals surface area contributed by atoms with Crippen molar-refractivity contribution >= 4 is 10.0 Å². The second-order valence-corrected chi connectivity index (χ2v) is 8.80. The van der Waals surface area contributed by atoms with Crippen molar-refractivity contribution in [3.63, 3.8) is 0 Å². The van der Waals surface area contributed by atoms with E-state index >= 15 is 0 Å². The zero-order valence-corrected chi connectivity index (χ0v) is 14.9. The van der Waals surface area contributed by atoms with Crippen molar-refractivity contribution in [1.29, 1.82) is 0 Å². The summed E-state index contributed by atoms with van der Waals surface area (Å²) in [7, 11) is -3.14. The molecule has 0 aromatic heterocycles. The standard InChI is InChI=1S/C17H27FN2O2S/c1-13(2)12-23(21,22)20-9-7-17(8-10-20)19-14(3)15-5-4-6-16(18)11-15/h4-6,11,13-14,17,19H,7-10,12H2,1-3H3/t14-/m1/s1. The van der Waals surface area contributed by atoms with E-state index in [9.17, 15) is 12.8 Å². The molecular formula is C17H27FN2O2S. The molecule has 2 rings (SSSR count). The molecule has 4 nitrogen and oxygen atoms in total. The van der Waals surface area contributed by atoms with Gasteiger partial charge in [-0.3, -0.25) is 0 Å². The van der Waals surface area contributed by atoms with Crippen molar-refractivity contribution in [2.45, 2.75) is 45.7 Å². The van der Waals surface area contributed by atoms with Gasteiger partial charge in [-0.1, -0.05) is 26.0 Å². The normalized spacial score (nSPS) is 19.2. The smallest absolute Gasteiger partial charge is 0.214 e. The predicted molar refractivity (Wildman–Crippen MR) is 91.2 cm³/mol. The third-order valence-electron chi connectivity index (χ3n) is 4.23. The molecule has 0 spiro atoms. The average Bonchev–Trinajstić information content (AvgIpc) is 2.46. The summed E-state index contributed by atoms with van der Waals surface area (Å²) in [5, 5.41) is 3.49. The Morgan fingerprint density at radius 1 is 1.26 bits per heavy atom. The van der Waals surface area contributed by atoms with Crippen LogP contribution in [-0.4, -0.2) is 37.6 Å². The van der Waals surface area contributed by atoms with Gasteiger partial charge in [-0.05, 0) is 43.4 Å². The van der Waals surface area contributed by atoms with Crippen LogP contribution in [-0.2, 0) is 10.0 Å². The van der Waals surface area contributed by atoms with Crippen LogP contribution in [0.4, 0.5) is 4.39 Å². The number of hydrogen-bond acceptors (Lipinski definition) is 3. The van der Waals surface area contributed by atoms with Crippen LogP contribution >= 0.6 is 0 Å². The number of halogens is 1. The van der Waals surface area contributed by atoms with Crippen LogP contribution in [0.25, 0.3) is 0 Å². The highest BCUT2D eigenvalue weighted by Gasteiger charge is 2.28. The first kappa shape index (κ1) is 18.4. The fraction of sp³-hybridized carbons (Fsp3) is 0.647. The largest absolute Gasteiger partial charge is 0.307 e. The lowest BCUT2D eigenvalue weighted by Crippen LogP contribution is -2.46. The fourth-order valence-corrected chi connectivity index (χ4v) is 4.87. The Bertz CT molecular complexity index is 611. The lowest BCUT2D eigenvalue weighted by molar-refractivity contribution is 0.276. The Kier molecular flexibility index (Phi) is 6.17. The van der Waals surface area contributed by atoms with Gasteiger partial charge in [0.15, 0.2) is 0 Å². The van der Waals surface area contributed by atoms with E-state index in [1.165, 1.54) is 6.07 Å². The molecule has 0 saturated carbocycles. The van der Waals surface area contributed by atoms with Crippen LogP contribution < -0.4 is 5.32 Å². The highest BCUT2D eigenvalue weighted by Crippen LogP contribution is 2.20. The molecule has 0 bridgehead atoms. The van der Waals surface area contributed by atoms with Gasteiger partial charge in [0.2, 0.25) is 10.0 Å². The maximum atomic E-state index is 13.3. The molecule has 1 saturated heterocycles. The number of hydrogen-bond donors (Lipinski definition) is 1. The molecule has 1 aliphatic heterocycles. The first-order chi connectivity index (χ1) is 10.8. The lowest BCUT2D eigenvalue weighted by atomic mass is 10.0. The van der Waals surface area contributed by atoms with Gasteiger partial charge in [0, 0.05) is 25.2 Å². The first-order valence-electron chi connectivity index (χ1n) is 8.27. The van der Waals surface area contributed by atoms with Gasteiger partial charge in [0.25, 0.3) is 0 Å². The minimum absolute atomic E-state index is 0.0505. The summed E-state index contributed by atoms with van der Waals surface area (Å²) in [6.07, 6.45) is 1.58. The monoisotopic (exact) mass is 342 g/mol. The molecule has 6 heteroatoms. The topological polar surface area (TPSA) is 49.4 Å². The zero-order chi connectivity index (χ0) is 17.0. The number of nitrogens with zero attached hydrogens (tertiary/aromatic N) is 1. The second-order valence-electron chi connectivity index (χ2n) is 6.79. The van der Waals surface area contributed by atoms with Crippen molar-refractivity contribution in [3.8, 4) is 0 Å². The molecular weight excluding hydrogens is 315 g/mol. The van der Waals surface area contributed by atoms with Gasteiger partial charge in [0.1, 0.15) is 5.82 Å². The van der Waals surface area contributed by atoms with E-state index in [0.29, 0.717) is 13.1 Å². The summed E-state index contributed by atoms with van der Waals surface area (Å²) in [6, 6.07) is 6.91. The van der Waals surface area contributed by atoms with Crippen LogP contribution in [0.3, 0.4) is 0 Å². The second kappa shape index (κ2) is 7.73. The summed E-state index contributed by atoms with van der Waals surface area (Å²) in [5.74, 6) is 0.125. The summed E-state index contributed by atoms with van der Waals surface area (Å²) in [6.45, 7) is 6.97. The molecule has 1 atom stereocenters. The molecule has 1 aliphatic rings. The summed E-state index contributed by atoms with van der Waals surface area (Å²) in [5.41, 5.74) is 0.917. The number of rotatable bonds is 6. The summed E-state index contributed by atoms with van der Waals surface area (Å²) < 4.78 is 39.4. The van der Waals surface area contributed by atoms with Gasteiger partial charge < -0.3 is 5.32 Å². The molecule has 0 aliphatic carbocycles. The number of nitrogens with one attached hydrogen (secondary N) is 1. The maximum absolute atomic E-state index is 13.3. The van der Waals surface area contributed by atoms with Crippen molar-refractivity contribution < 1.29 is 12.8 Å². The molecule has 0 radical (unpaired) electrons. The van der Waals surface area contributed by atoms with E-state index in [0.717, 1.165) is 18.4 Å². The van der Waals surface area contributed by atoms with E-state index in [1.54, 1.807) is 16.4 Å². The van der Waals surface area contributed by atoms with Crippen LogP contribution in [0.2, 0.25) is 0 Å². The van der Waals surface area contributed by atoms with E-state index in [1.807, 2.05) is 26.8 Å². The minimum Gasteiger partial charge on any atom is -0.307 e. The maximum Gasteiger partial charge on any atom is 0.214 e. The summed E-state index contributed by atoms with van der Waals surface area (Å²) >= 11 is 0. The Balaban J connectivity index is 1.87.